The van der Waals surface area contributed by atoms with Gasteiger partial charge in [-0.1, -0.05) is 6.92 Å². The number of sulfonamides is 1. The number of nitrogens with zero attached hydrogens (tertiary/aromatic N) is 2. The predicted molar refractivity (Wildman–Crippen MR) is 81.7 cm³/mol. The lowest BCUT2D eigenvalue weighted by atomic mass is 10.3. The van der Waals surface area contributed by atoms with Gasteiger partial charge in [-0.2, -0.15) is 5.10 Å². The Morgan fingerprint density at radius 1 is 1.48 bits per heavy atom. The van der Waals surface area contributed by atoms with Crippen molar-refractivity contribution in [2.24, 2.45) is 0 Å². The lowest BCUT2D eigenvalue weighted by Gasteiger charge is -2.12. The van der Waals surface area contributed by atoms with E-state index in [0.717, 1.165) is 19.5 Å². The van der Waals surface area contributed by atoms with Crippen molar-refractivity contribution < 1.29 is 13.2 Å². The third-order valence-corrected chi connectivity index (χ3v) is 4.57. The van der Waals surface area contributed by atoms with Gasteiger partial charge in [0.15, 0.2) is 0 Å². The Morgan fingerprint density at radius 3 is 2.90 bits per heavy atom. The second-order valence-electron chi connectivity index (χ2n) is 4.95. The molecule has 1 rings (SSSR count). The van der Waals surface area contributed by atoms with Gasteiger partial charge in [-0.15, -0.1) is 0 Å². The van der Waals surface area contributed by atoms with Crippen LogP contribution >= 0.6 is 0 Å². The summed E-state index contributed by atoms with van der Waals surface area (Å²) in [7, 11) is -1.91. The molecular weight excluding hydrogens is 292 g/mol. The number of nitrogens with one attached hydrogen (secondary N) is 2. The van der Waals surface area contributed by atoms with E-state index in [0.29, 0.717) is 19.6 Å². The van der Waals surface area contributed by atoms with Crippen molar-refractivity contribution in [1.29, 1.82) is 0 Å². The molecule has 0 spiro atoms. The van der Waals surface area contributed by atoms with Crippen molar-refractivity contribution in [2.45, 2.75) is 44.2 Å². The number of hydrogen-bond acceptors (Lipinski definition) is 5. The molecule has 0 radical (unpaired) electrons. The van der Waals surface area contributed by atoms with Gasteiger partial charge in [0.2, 0.25) is 10.0 Å². The molecule has 1 unspecified atom stereocenters. The molecule has 0 aliphatic carbocycles. The van der Waals surface area contributed by atoms with Crippen molar-refractivity contribution in [3.8, 4) is 0 Å². The quantitative estimate of drug-likeness (QED) is 0.583. The van der Waals surface area contributed by atoms with E-state index in [-0.39, 0.29) is 10.9 Å². The second-order valence-corrected chi connectivity index (χ2v) is 6.66. The molecule has 0 aliphatic heterocycles. The van der Waals surface area contributed by atoms with Gasteiger partial charge < -0.3 is 10.1 Å². The highest BCUT2D eigenvalue weighted by Gasteiger charge is 2.19. The number of rotatable bonds is 11. The van der Waals surface area contributed by atoms with Crippen molar-refractivity contribution in [3.63, 3.8) is 0 Å². The minimum absolute atomic E-state index is 0.174. The van der Waals surface area contributed by atoms with E-state index in [1.807, 2.05) is 6.92 Å². The van der Waals surface area contributed by atoms with Crippen LogP contribution in [0.5, 0.6) is 0 Å². The van der Waals surface area contributed by atoms with Gasteiger partial charge in [0, 0.05) is 32.5 Å². The number of hydrogen-bond donors (Lipinski definition) is 2. The predicted octanol–water partition coefficient (Wildman–Crippen LogP) is 0.586. The Balaban J connectivity index is 2.53. The molecule has 21 heavy (non-hydrogen) atoms. The second kappa shape index (κ2) is 9.14. The number of ether oxygens (including phenoxy) is 1. The van der Waals surface area contributed by atoms with E-state index in [4.69, 9.17) is 4.74 Å². The van der Waals surface area contributed by atoms with Crippen LogP contribution in [0.4, 0.5) is 0 Å². The van der Waals surface area contributed by atoms with Gasteiger partial charge in [0.05, 0.1) is 6.20 Å². The lowest BCUT2D eigenvalue weighted by molar-refractivity contribution is 0.188. The van der Waals surface area contributed by atoms with E-state index >= 15 is 0 Å². The summed E-state index contributed by atoms with van der Waals surface area (Å²) in [6.07, 6.45) is 4.50. The van der Waals surface area contributed by atoms with Crippen LogP contribution in [0, 0.1) is 0 Å². The Labute approximate surface area is 127 Å². The molecule has 0 aromatic carbocycles. The molecular formula is C13H26N4O3S. The maximum Gasteiger partial charge on any atom is 0.243 e. The Bertz CT molecular complexity index is 501. The van der Waals surface area contributed by atoms with Crippen LogP contribution in [-0.2, 0) is 21.3 Å². The molecule has 8 heteroatoms. The van der Waals surface area contributed by atoms with E-state index in [9.17, 15) is 8.42 Å². The number of aromatic nitrogens is 2. The van der Waals surface area contributed by atoms with Crippen LogP contribution in [0.2, 0.25) is 0 Å². The van der Waals surface area contributed by atoms with Crippen molar-refractivity contribution in [1.82, 2.24) is 19.8 Å². The molecule has 1 aromatic rings. The van der Waals surface area contributed by atoms with Gasteiger partial charge in [0.1, 0.15) is 4.90 Å². The highest BCUT2D eigenvalue weighted by Crippen LogP contribution is 2.09. The van der Waals surface area contributed by atoms with Crippen LogP contribution in [0.1, 0.15) is 26.7 Å². The number of aryl methyl sites for hydroxylation is 1. The van der Waals surface area contributed by atoms with Crippen molar-refractivity contribution >= 4 is 10.0 Å². The maximum atomic E-state index is 12.2. The molecule has 0 bridgehead atoms. The summed E-state index contributed by atoms with van der Waals surface area (Å²) in [5.41, 5.74) is 0. The van der Waals surface area contributed by atoms with E-state index in [1.165, 1.54) is 6.20 Å². The first-order chi connectivity index (χ1) is 9.99. The Kier molecular flexibility index (Phi) is 7.87. The summed E-state index contributed by atoms with van der Waals surface area (Å²) >= 11 is 0. The lowest BCUT2D eigenvalue weighted by Crippen LogP contribution is -2.33. The zero-order valence-electron chi connectivity index (χ0n) is 13.0. The minimum atomic E-state index is -3.51. The highest BCUT2D eigenvalue weighted by atomic mass is 32.2. The SMILES string of the molecule is CCNCCCn1cc(S(=O)(=O)NC(C)CCOC)cn1. The first kappa shape index (κ1) is 18.1. The molecule has 1 aromatic heterocycles. The highest BCUT2D eigenvalue weighted by molar-refractivity contribution is 7.89. The molecule has 1 atom stereocenters. The third kappa shape index (κ3) is 6.56. The van der Waals surface area contributed by atoms with Crippen LogP contribution < -0.4 is 10.0 Å². The zero-order chi connectivity index (χ0) is 15.7. The molecule has 0 amide bonds. The fourth-order valence-corrected chi connectivity index (χ4v) is 3.06. The fourth-order valence-electron chi connectivity index (χ4n) is 1.83. The smallest absolute Gasteiger partial charge is 0.243 e. The molecule has 0 fully saturated rings. The van der Waals surface area contributed by atoms with Crippen molar-refractivity contribution in [2.75, 3.05) is 26.8 Å². The molecule has 2 N–H and O–H groups in total. The summed E-state index contributed by atoms with van der Waals surface area (Å²) in [5.74, 6) is 0. The van der Waals surface area contributed by atoms with E-state index in [2.05, 4.69) is 22.1 Å². The van der Waals surface area contributed by atoms with E-state index in [1.54, 1.807) is 18.0 Å². The van der Waals surface area contributed by atoms with Crippen LogP contribution in [0.3, 0.4) is 0 Å². The molecule has 122 valence electrons. The third-order valence-electron chi connectivity index (χ3n) is 3.02. The van der Waals surface area contributed by atoms with Crippen LogP contribution in [-0.4, -0.2) is 51.0 Å². The van der Waals surface area contributed by atoms with Crippen molar-refractivity contribution in [3.05, 3.63) is 12.4 Å². The average Bonchev–Trinajstić information content (AvgIpc) is 2.90. The van der Waals surface area contributed by atoms with Gasteiger partial charge >= 0.3 is 0 Å². The summed E-state index contributed by atoms with van der Waals surface area (Å²) in [6.45, 7) is 6.91. The minimum Gasteiger partial charge on any atom is -0.385 e. The fraction of sp³-hybridized carbons (Fsp3) is 0.769. The summed E-state index contributed by atoms with van der Waals surface area (Å²) in [6, 6.07) is -0.174. The Hall–Kier alpha value is -0.960. The normalized spacial score (nSPS) is 13.5. The van der Waals surface area contributed by atoms with Crippen LogP contribution in [0.15, 0.2) is 17.3 Å². The zero-order valence-corrected chi connectivity index (χ0v) is 13.8. The Morgan fingerprint density at radius 2 is 2.24 bits per heavy atom. The summed E-state index contributed by atoms with van der Waals surface area (Å²) in [5, 5.41) is 7.31. The maximum absolute atomic E-state index is 12.2. The van der Waals surface area contributed by atoms with Crippen LogP contribution in [0.25, 0.3) is 0 Å². The van der Waals surface area contributed by atoms with E-state index < -0.39 is 10.0 Å². The first-order valence-electron chi connectivity index (χ1n) is 7.24. The standard InChI is InChI=1S/C13H26N4O3S/c1-4-14-7-5-8-17-11-13(10-15-17)21(18,19)16-12(2)6-9-20-3/h10-12,14,16H,4-9H2,1-3H3. The molecule has 0 aliphatic rings. The largest absolute Gasteiger partial charge is 0.385 e. The molecule has 1 heterocycles. The molecule has 7 nitrogen and oxygen atoms in total. The number of methoxy groups -OCH3 is 1. The monoisotopic (exact) mass is 318 g/mol. The molecule has 0 saturated heterocycles. The topological polar surface area (TPSA) is 85.2 Å². The first-order valence-corrected chi connectivity index (χ1v) is 8.72. The summed E-state index contributed by atoms with van der Waals surface area (Å²) < 4.78 is 33.6. The van der Waals surface area contributed by atoms with Gasteiger partial charge in [-0.3, -0.25) is 4.68 Å². The average molecular weight is 318 g/mol. The van der Waals surface area contributed by atoms with Gasteiger partial charge in [-0.25, -0.2) is 13.1 Å². The molecule has 0 saturated carbocycles. The van der Waals surface area contributed by atoms with Gasteiger partial charge in [0.25, 0.3) is 0 Å². The summed E-state index contributed by atoms with van der Waals surface area (Å²) in [4.78, 5) is 0.204. The van der Waals surface area contributed by atoms with Gasteiger partial charge in [-0.05, 0) is 32.9 Å².